The van der Waals surface area contributed by atoms with Crippen molar-refractivity contribution < 1.29 is 9.15 Å². The molecule has 0 aliphatic carbocycles. The smallest absolute Gasteiger partial charge is 0.134 e. The van der Waals surface area contributed by atoms with Crippen LogP contribution in [0.3, 0.4) is 0 Å². The number of fused-ring (bicyclic) bond motifs is 1. The first-order valence-corrected chi connectivity index (χ1v) is 6.66. The topological polar surface area (TPSA) is 34.4 Å². The lowest BCUT2D eigenvalue weighted by atomic mass is 9.83. The Hall–Kier alpha value is -1.32. The van der Waals surface area contributed by atoms with E-state index in [1.165, 1.54) is 0 Å². The molecule has 1 N–H and O–H groups in total. The molecule has 1 aromatic heterocycles. The van der Waals surface area contributed by atoms with Crippen LogP contribution >= 0.6 is 0 Å². The van der Waals surface area contributed by atoms with Gasteiger partial charge in [0, 0.05) is 12.5 Å². The van der Waals surface area contributed by atoms with Crippen molar-refractivity contribution in [2.45, 2.75) is 32.9 Å². The van der Waals surface area contributed by atoms with E-state index in [1.807, 2.05) is 25.2 Å². The molecular formula is C16H23NO2. The van der Waals surface area contributed by atoms with Gasteiger partial charge in [-0.1, -0.05) is 39.0 Å². The van der Waals surface area contributed by atoms with Crippen LogP contribution < -0.4 is 5.32 Å². The van der Waals surface area contributed by atoms with Crippen molar-refractivity contribution in [3.8, 4) is 0 Å². The third-order valence-electron chi connectivity index (χ3n) is 3.47. The number of furan rings is 1. The van der Waals surface area contributed by atoms with Gasteiger partial charge in [-0.3, -0.25) is 0 Å². The number of rotatable bonds is 4. The van der Waals surface area contributed by atoms with E-state index < -0.39 is 0 Å². The third-order valence-corrected chi connectivity index (χ3v) is 3.47. The van der Waals surface area contributed by atoms with E-state index in [0.29, 0.717) is 0 Å². The van der Waals surface area contributed by atoms with E-state index in [2.05, 4.69) is 38.2 Å². The highest BCUT2D eigenvalue weighted by molar-refractivity contribution is 5.77. The van der Waals surface area contributed by atoms with Crippen LogP contribution in [0.5, 0.6) is 0 Å². The molecule has 0 fully saturated rings. The fourth-order valence-corrected chi connectivity index (χ4v) is 2.59. The van der Waals surface area contributed by atoms with E-state index in [9.17, 15) is 0 Å². The summed E-state index contributed by atoms with van der Waals surface area (Å²) in [5.41, 5.74) is 0.947. The van der Waals surface area contributed by atoms with Crippen molar-refractivity contribution in [2.75, 3.05) is 14.2 Å². The van der Waals surface area contributed by atoms with E-state index in [-0.39, 0.29) is 17.6 Å². The first kappa shape index (κ1) is 14.1. The minimum Gasteiger partial charge on any atom is -0.459 e. The summed E-state index contributed by atoms with van der Waals surface area (Å²) in [5.74, 6) is 0.922. The van der Waals surface area contributed by atoms with Gasteiger partial charge in [0.05, 0.1) is 12.1 Å². The predicted molar refractivity (Wildman–Crippen MR) is 78.3 cm³/mol. The van der Waals surface area contributed by atoms with Crippen molar-refractivity contribution >= 4 is 11.0 Å². The molecule has 19 heavy (non-hydrogen) atoms. The number of hydrogen-bond acceptors (Lipinski definition) is 3. The second-order valence-corrected chi connectivity index (χ2v) is 5.98. The molecule has 3 heteroatoms. The summed E-state index contributed by atoms with van der Waals surface area (Å²) in [6.45, 7) is 6.52. The monoisotopic (exact) mass is 261 g/mol. The quantitative estimate of drug-likeness (QED) is 0.910. The first-order chi connectivity index (χ1) is 8.97. The van der Waals surface area contributed by atoms with Crippen LogP contribution in [0.25, 0.3) is 11.0 Å². The molecule has 0 aliphatic rings. The second kappa shape index (κ2) is 5.35. The Kier molecular flexibility index (Phi) is 3.97. The Labute approximate surface area is 114 Å². The Morgan fingerprint density at radius 2 is 1.89 bits per heavy atom. The fraction of sp³-hybridized carbons (Fsp3) is 0.500. The van der Waals surface area contributed by atoms with Gasteiger partial charge in [0.1, 0.15) is 11.3 Å². The SMILES string of the molecule is CNC(c1cc2ccccc2o1)C(OC)C(C)(C)C. The molecule has 0 spiro atoms. The van der Waals surface area contributed by atoms with Gasteiger partial charge in [-0.15, -0.1) is 0 Å². The van der Waals surface area contributed by atoms with Crippen LogP contribution in [-0.2, 0) is 4.74 Å². The summed E-state index contributed by atoms with van der Waals surface area (Å²) in [7, 11) is 3.69. The lowest BCUT2D eigenvalue weighted by molar-refractivity contribution is -0.0148. The van der Waals surface area contributed by atoms with E-state index in [4.69, 9.17) is 9.15 Å². The zero-order valence-electron chi connectivity index (χ0n) is 12.4. The lowest BCUT2D eigenvalue weighted by Crippen LogP contribution is -2.40. The summed E-state index contributed by atoms with van der Waals surface area (Å²) in [5, 5.41) is 4.44. The standard InChI is InChI=1S/C16H23NO2/c1-16(2,3)15(18-5)14(17-4)13-10-11-8-6-7-9-12(11)19-13/h6-10,14-15,17H,1-5H3. The number of methoxy groups -OCH3 is 1. The van der Waals surface area contributed by atoms with E-state index in [0.717, 1.165) is 16.7 Å². The number of nitrogens with one attached hydrogen (secondary N) is 1. The largest absolute Gasteiger partial charge is 0.459 e. The molecule has 1 aromatic carbocycles. The molecular weight excluding hydrogens is 238 g/mol. The summed E-state index contributed by atoms with van der Waals surface area (Å²) >= 11 is 0. The fourth-order valence-electron chi connectivity index (χ4n) is 2.59. The Morgan fingerprint density at radius 3 is 2.42 bits per heavy atom. The van der Waals surface area contributed by atoms with Crippen LogP contribution in [0.15, 0.2) is 34.7 Å². The molecule has 0 saturated carbocycles. The third kappa shape index (κ3) is 2.82. The molecule has 2 atom stereocenters. The minimum atomic E-state index is 0.0292. The summed E-state index contributed by atoms with van der Waals surface area (Å²) < 4.78 is 11.7. The molecule has 0 saturated heterocycles. The Bertz CT molecular complexity index is 506. The zero-order valence-corrected chi connectivity index (χ0v) is 12.4. The van der Waals surface area contributed by atoms with Crippen molar-refractivity contribution in [1.82, 2.24) is 5.32 Å². The number of ether oxygens (including phenoxy) is 1. The maximum absolute atomic E-state index is 5.96. The van der Waals surface area contributed by atoms with Gasteiger partial charge in [-0.25, -0.2) is 0 Å². The maximum atomic E-state index is 5.96. The molecule has 2 aromatic rings. The van der Waals surface area contributed by atoms with Gasteiger partial charge in [0.2, 0.25) is 0 Å². The summed E-state index contributed by atoms with van der Waals surface area (Å²) in [4.78, 5) is 0. The molecule has 0 amide bonds. The van der Waals surface area contributed by atoms with Gasteiger partial charge in [-0.2, -0.15) is 0 Å². The highest BCUT2D eigenvalue weighted by atomic mass is 16.5. The predicted octanol–water partition coefficient (Wildman–Crippen LogP) is 3.75. The molecule has 2 unspecified atom stereocenters. The molecule has 0 aliphatic heterocycles. The molecule has 3 nitrogen and oxygen atoms in total. The molecule has 0 bridgehead atoms. The van der Waals surface area contributed by atoms with Crippen molar-refractivity contribution in [3.63, 3.8) is 0 Å². The van der Waals surface area contributed by atoms with Crippen LogP contribution in [-0.4, -0.2) is 20.3 Å². The van der Waals surface area contributed by atoms with Gasteiger partial charge in [0.15, 0.2) is 0 Å². The minimum absolute atomic E-state index is 0.0292. The number of likely N-dealkylation sites (N-methyl/N-ethyl adjacent to an activating group) is 1. The number of benzene rings is 1. The molecule has 2 rings (SSSR count). The summed E-state index contributed by atoms with van der Waals surface area (Å²) in [6.07, 6.45) is 0.0399. The Balaban J connectivity index is 2.40. The zero-order chi connectivity index (χ0) is 14.0. The first-order valence-electron chi connectivity index (χ1n) is 6.66. The van der Waals surface area contributed by atoms with Gasteiger partial charge in [-0.05, 0) is 24.6 Å². The maximum Gasteiger partial charge on any atom is 0.134 e. The van der Waals surface area contributed by atoms with Crippen molar-refractivity contribution in [3.05, 3.63) is 36.1 Å². The van der Waals surface area contributed by atoms with Gasteiger partial charge in [0.25, 0.3) is 0 Å². The van der Waals surface area contributed by atoms with Crippen LogP contribution in [0.1, 0.15) is 32.6 Å². The highest BCUT2D eigenvalue weighted by Gasteiger charge is 2.34. The van der Waals surface area contributed by atoms with E-state index >= 15 is 0 Å². The van der Waals surface area contributed by atoms with Crippen LogP contribution in [0.2, 0.25) is 0 Å². The number of para-hydroxylation sites is 1. The lowest BCUT2D eigenvalue weighted by Gasteiger charge is -2.34. The second-order valence-electron chi connectivity index (χ2n) is 5.98. The average Bonchev–Trinajstić information content (AvgIpc) is 2.77. The molecule has 104 valence electrons. The van der Waals surface area contributed by atoms with Gasteiger partial charge >= 0.3 is 0 Å². The van der Waals surface area contributed by atoms with Crippen LogP contribution in [0, 0.1) is 5.41 Å². The van der Waals surface area contributed by atoms with Crippen molar-refractivity contribution in [1.29, 1.82) is 0 Å². The molecule has 0 radical (unpaired) electrons. The van der Waals surface area contributed by atoms with Crippen LogP contribution in [0.4, 0.5) is 0 Å². The Morgan fingerprint density at radius 1 is 1.21 bits per heavy atom. The van der Waals surface area contributed by atoms with Crippen molar-refractivity contribution in [2.24, 2.45) is 5.41 Å². The van der Waals surface area contributed by atoms with Gasteiger partial charge < -0.3 is 14.5 Å². The average molecular weight is 261 g/mol. The number of hydrogen-bond donors (Lipinski definition) is 1. The highest BCUT2D eigenvalue weighted by Crippen LogP contribution is 2.34. The summed E-state index contributed by atoms with van der Waals surface area (Å²) in [6, 6.07) is 10.2. The van der Waals surface area contributed by atoms with E-state index in [1.54, 1.807) is 7.11 Å². The normalized spacial score (nSPS) is 15.6. The molecule has 1 heterocycles.